The number of aromatic nitrogens is 3. The van der Waals surface area contributed by atoms with E-state index in [-0.39, 0.29) is 11.9 Å². The lowest BCUT2D eigenvalue weighted by atomic mass is 9.88. The Morgan fingerprint density at radius 3 is 2.51 bits per heavy atom. The Hall–Kier alpha value is -3.46. The zero-order chi connectivity index (χ0) is 27.9. The van der Waals surface area contributed by atoms with Crippen molar-refractivity contribution in [2.45, 2.75) is 65.4 Å². The van der Waals surface area contributed by atoms with Gasteiger partial charge in [0, 0.05) is 37.3 Å². The van der Waals surface area contributed by atoms with Gasteiger partial charge in [-0.3, -0.25) is 4.40 Å². The molecule has 1 amide bonds. The predicted molar refractivity (Wildman–Crippen MR) is 155 cm³/mol. The number of ether oxygens (including phenoxy) is 1. The summed E-state index contributed by atoms with van der Waals surface area (Å²) in [4.78, 5) is 26.3. The van der Waals surface area contributed by atoms with Crippen LogP contribution in [-0.2, 0) is 11.2 Å². The summed E-state index contributed by atoms with van der Waals surface area (Å²) in [6.45, 7) is 11.3. The van der Waals surface area contributed by atoms with Crippen LogP contribution in [0.4, 0.5) is 20.1 Å². The standard InChI is InChI=1S/C30H36FN5O2S/c1-7-24-27(34(6)28-33-25(18-39-28)21-8-10-22(31)11-9-21)36-17-23(19(2)16-26(36)32-24)20-12-14-35(15-13-20)29(37)38-30(3,4)5/h8-11,16-18,20H,7,12-15H2,1-6H3. The van der Waals surface area contributed by atoms with Crippen LogP contribution in [0.1, 0.15) is 63.3 Å². The molecule has 1 aliphatic rings. The maximum atomic E-state index is 13.4. The van der Waals surface area contributed by atoms with Crippen LogP contribution >= 0.6 is 11.3 Å². The van der Waals surface area contributed by atoms with Gasteiger partial charge >= 0.3 is 6.09 Å². The van der Waals surface area contributed by atoms with Crippen LogP contribution in [0.25, 0.3) is 16.9 Å². The van der Waals surface area contributed by atoms with Crippen LogP contribution in [0, 0.1) is 12.7 Å². The van der Waals surface area contributed by atoms with Crippen molar-refractivity contribution in [1.82, 2.24) is 19.3 Å². The van der Waals surface area contributed by atoms with E-state index < -0.39 is 5.60 Å². The second kappa shape index (κ2) is 10.6. The molecule has 9 heteroatoms. The number of carbonyl (C=O) groups excluding carboxylic acids is 1. The molecule has 1 aromatic carbocycles. The van der Waals surface area contributed by atoms with E-state index in [4.69, 9.17) is 14.7 Å². The van der Waals surface area contributed by atoms with Gasteiger partial charge in [-0.1, -0.05) is 6.92 Å². The SMILES string of the molecule is CCc1nc2cc(C)c(C3CCN(C(=O)OC(C)(C)C)CC3)cn2c1N(C)c1nc(-c2ccc(F)cc2)cs1. The zero-order valence-electron chi connectivity index (χ0n) is 23.5. The molecule has 1 aliphatic heterocycles. The van der Waals surface area contributed by atoms with E-state index in [1.54, 1.807) is 23.5 Å². The molecule has 0 spiro atoms. The Labute approximate surface area is 233 Å². The van der Waals surface area contributed by atoms with E-state index in [9.17, 15) is 9.18 Å². The lowest BCUT2D eigenvalue weighted by Crippen LogP contribution is -2.41. The largest absolute Gasteiger partial charge is 0.444 e. The average Bonchev–Trinajstić information content (AvgIpc) is 3.52. The molecule has 206 valence electrons. The lowest BCUT2D eigenvalue weighted by molar-refractivity contribution is 0.0204. The van der Waals surface area contributed by atoms with Crippen molar-refractivity contribution in [3.63, 3.8) is 0 Å². The van der Waals surface area contributed by atoms with Crippen molar-refractivity contribution in [2.75, 3.05) is 25.0 Å². The van der Waals surface area contributed by atoms with E-state index >= 15 is 0 Å². The number of thiazole rings is 1. The van der Waals surface area contributed by atoms with Crippen LogP contribution in [0.3, 0.4) is 0 Å². The third kappa shape index (κ3) is 5.64. The average molecular weight is 550 g/mol. The van der Waals surface area contributed by atoms with Crippen molar-refractivity contribution in [3.05, 3.63) is 64.5 Å². The third-order valence-corrected chi connectivity index (χ3v) is 8.13. The number of anilines is 2. The molecule has 7 nitrogen and oxygen atoms in total. The van der Waals surface area contributed by atoms with Crippen LogP contribution in [0.2, 0.25) is 0 Å². The summed E-state index contributed by atoms with van der Waals surface area (Å²) in [6.07, 6.45) is 4.56. The number of aryl methyl sites for hydroxylation is 2. The molecule has 1 fully saturated rings. The number of likely N-dealkylation sites (tertiary alicyclic amines) is 1. The van der Waals surface area contributed by atoms with Gasteiger partial charge < -0.3 is 14.5 Å². The summed E-state index contributed by atoms with van der Waals surface area (Å²) in [5, 5.41) is 2.85. The quantitative estimate of drug-likeness (QED) is 0.260. The van der Waals surface area contributed by atoms with Gasteiger partial charge in [0.25, 0.3) is 0 Å². The highest BCUT2D eigenvalue weighted by Crippen LogP contribution is 2.36. The fourth-order valence-electron chi connectivity index (χ4n) is 5.22. The van der Waals surface area contributed by atoms with Gasteiger partial charge in [0.1, 0.15) is 22.9 Å². The normalized spacial score (nSPS) is 14.7. The van der Waals surface area contributed by atoms with Gasteiger partial charge in [0.2, 0.25) is 0 Å². The summed E-state index contributed by atoms with van der Waals surface area (Å²) in [5.74, 6) is 1.09. The fourth-order valence-corrected chi connectivity index (χ4v) is 6.02. The van der Waals surface area contributed by atoms with Gasteiger partial charge in [0.15, 0.2) is 5.13 Å². The first-order chi connectivity index (χ1) is 18.5. The summed E-state index contributed by atoms with van der Waals surface area (Å²) in [7, 11) is 2.02. The van der Waals surface area contributed by atoms with E-state index in [2.05, 4.69) is 35.4 Å². The topological polar surface area (TPSA) is 63.0 Å². The van der Waals surface area contributed by atoms with Gasteiger partial charge in [-0.25, -0.2) is 19.2 Å². The molecule has 0 radical (unpaired) electrons. The summed E-state index contributed by atoms with van der Waals surface area (Å²) < 4.78 is 21.2. The zero-order valence-corrected chi connectivity index (χ0v) is 24.3. The molecule has 4 aromatic rings. The fraction of sp³-hybridized carbons (Fsp3) is 0.433. The van der Waals surface area contributed by atoms with Crippen molar-refractivity contribution in [1.29, 1.82) is 0 Å². The molecule has 0 aliphatic carbocycles. The van der Waals surface area contributed by atoms with Gasteiger partial charge in [-0.2, -0.15) is 0 Å². The number of hydrogen-bond donors (Lipinski definition) is 0. The second-order valence-corrected chi connectivity index (χ2v) is 12.0. The maximum absolute atomic E-state index is 13.4. The Morgan fingerprint density at radius 2 is 1.87 bits per heavy atom. The Bertz CT molecular complexity index is 1480. The summed E-state index contributed by atoms with van der Waals surface area (Å²) >= 11 is 1.56. The molecule has 39 heavy (non-hydrogen) atoms. The number of halogens is 1. The van der Waals surface area contributed by atoms with Crippen LogP contribution in [0.5, 0.6) is 0 Å². The molecule has 0 bridgehead atoms. The maximum Gasteiger partial charge on any atom is 0.410 e. The molecule has 4 heterocycles. The first-order valence-electron chi connectivity index (χ1n) is 13.5. The molecule has 0 atom stereocenters. The van der Waals surface area contributed by atoms with Gasteiger partial charge in [-0.15, -0.1) is 11.3 Å². The minimum Gasteiger partial charge on any atom is -0.444 e. The van der Waals surface area contributed by atoms with Crippen molar-refractivity contribution in [3.8, 4) is 11.3 Å². The van der Waals surface area contributed by atoms with Gasteiger partial charge in [0.05, 0.1) is 11.4 Å². The molecular weight excluding hydrogens is 513 g/mol. The van der Waals surface area contributed by atoms with Crippen molar-refractivity contribution < 1.29 is 13.9 Å². The van der Waals surface area contributed by atoms with Crippen molar-refractivity contribution >= 4 is 34.0 Å². The molecule has 0 N–H and O–H groups in total. The van der Waals surface area contributed by atoms with Crippen LogP contribution in [0.15, 0.2) is 41.9 Å². The van der Waals surface area contributed by atoms with Crippen LogP contribution in [-0.4, -0.2) is 51.1 Å². The molecular formula is C30H36FN5O2S. The number of imidazole rings is 1. The first-order valence-corrected chi connectivity index (χ1v) is 14.4. The number of nitrogens with zero attached hydrogens (tertiary/aromatic N) is 5. The monoisotopic (exact) mass is 549 g/mol. The second-order valence-electron chi connectivity index (χ2n) is 11.2. The van der Waals surface area contributed by atoms with Crippen molar-refractivity contribution in [2.24, 2.45) is 0 Å². The number of amides is 1. The molecule has 5 rings (SSSR count). The van der Waals surface area contributed by atoms with E-state index in [0.29, 0.717) is 19.0 Å². The third-order valence-electron chi connectivity index (χ3n) is 7.21. The minimum absolute atomic E-state index is 0.234. The van der Waals surface area contributed by atoms with E-state index in [1.165, 1.54) is 23.3 Å². The number of benzene rings is 1. The number of carbonyl (C=O) groups is 1. The first kappa shape index (κ1) is 27.1. The van der Waals surface area contributed by atoms with E-state index in [0.717, 1.165) is 52.8 Å². The lowest BCUT2D eigenvalue weighted by Gasteiger charge is -2.34. The predicted octanol–water partition coefficient (Wildman–Crippen LogP) is 7.35. The summed E-state index contributed by atoms with van der Waals surface area (Å²) in [6, 6.07) is 8.59. The molecule has 1 saturated heterocycles. The Balaban J connectivity index is 1.42. The van der Waals surface area contributed by atoms with E-state index in [1.807, 2.05) is 38.1 Å². The highest BCUT2D eigenvalue weighted by molar-refractivity contribution is 7.14. The van der Waals surface area contributed by atoms with Gasteiger partial charge in [-0.05, 0) is 94.3 Å². The molecule has 0 saturated carbocycles. The minimum atomic E-state index is -0.492. The molecule has 3 aromatic heterocycles. The van der Waals surface area contributed by atoms with Crippen LogP contribution < -0.4 is 4.90 Å². The number of pyridine rings is 1. The highest BCUT2D eigenvalue weighted by Gasteiger charge is 2.29. The highest BCUT2D eigenvalue weighted by atomic mass is 32.1. The Kier molecular flexibility index (Phi) is 7.37. The summed E-state index contributed by atoms with van der Waals surface area (Å²) in [5.41, 5.74) is 5.64. The smallest absolute Gasteiger partial charge is 0.410 e. The molecule has 0 unspecified atom stereocenters. The number of rotatable bonds is 5. The number of piperidine rings is 1. The number of fused-ring (bicyclic) bond motifs is 1. The Morgan fingerprint density at radius 1 is 1.18 bits per heavy atom. The number of hydrogen-bond acceptors (Lipinski definition) is 6.